The van der Waals surface area contributed by atoms with Gasteiger partial charge < -0.3 is 16.0 Å². The Kier molecular flexibility index (Phi) is 5.77. The van der Waals surface area contributed by atoms with E-state index in [1.165, 1.54) is 25.9 Å². The average Bonchev–Trinajstić information content (AvgIpc) is 2.70. The van der Waals surface area contributed by atoms with Crippen LogP contribution in [0.2, 0.25) is 0 Å². The van der Waals surface area contributed by atoms with Crippen molar-refractivity contribution in [1.29, 1.82) is 0 Å². The molecule has 0 aromatic carbocycles. The van der Waals surface area contributed by atoms with Crippen molar-refractivity contribution < 1.29 is 4.79 Å². The lowest BCUT2D eigenvalue weighted by atomic mass is 10.1. The second-order valence-electron chi connectivity index (χ2n) is 4.81. The van der Waals surface area contributed by atoms with Crippen LogP contribution in [0.3, 0.4) is 0 Å². The number of hydrogen-bond acceptors (Lipinski definition) is 3. The molecule has 1 fully saturated rings. The molecule has 1 rings (SSSR count). The Hall–Kier alpha value is -0.610. The van der Waals surface area contributed by atoms with Gasteiger partial charge in [-0.2, -0.15) is 0 Å². The molecule has 1 saturated heterocycles. The van der Waals surface area contributed by atoms with E-state index in [4.69, 9.17) is 5.73 Å². The molecule has 94 valence electrons. The van der Waals surface area contributed by atoms with Crippen LogP contribution in [0.4, 0.5) is 0 Å². The molecule has 0 bridgehead atoms. The Bertz CT molecular complexity index is 214. The number of amides is 1. The quantitative estimate of drug-likeness (QED) is 0.703. The van der Waals surface area contributed by atoms with Gasteiger partial charge in [-0.1, -0.05) is 13.3 Å². The predicted molar refractivity (Wildman–Crippen MR) is 66.2 cm³/mol. The van der Waals surface area contributed by atoms with Crippen molar-refractivity contribution in [2.24, 2.45) is 5.73 Å². The highest BCUT2D eigenvalue weighted by molar-refractivity contribution is 5.81. The van der Waals surface area contributed by atoms with Gasteiger partial charge in [-0.25, -0.2) is 0 Å². The summed E-state index contributed by atoms with van der Waals surface area (Å²) < 4.78 is 0. The van der Waals surface area contributed by atoms with Gasteiger partial charge in [0.1, 0.15) is 0 Å². The molecule has 1 heterocycles. The van der Waals surface area contributed by atoms with Crippen LogP contribution in [-0.2, 0) is 4.79 Å². The summed E-state index contributed by atoms with van der Waals surface area (Å²) in [4.78, 5) is 14.1. The number of carbonyl (C=O) groups is 1. The van der Waals surface area contributed by atoms with Crippen molar-refractivity contribution in [3.63, 3.8) is 0 Å². The first-order valence-corrected chi connectivity index (χ1v) is 6.41. The van der Waals surface area contributed by atoms with Gasteiger partial charge in [-0.15, -0.1) is 0 Å². The zero-order valence-corrected chi connectivity index (χ0v) is 10.5. The molecule has 4 heteroatoms. The summed E-state index contributed by atoms with van der Waals surface area (Å²) in [5.74, 6) is -0.00598. The fourth-order valence-electron chi connectivity index (χ4n) is 2.19. The summed E-state index contributed by atoms with van der Waals surface area (Å²) in [6.07, 6.45) is 4.30. The fourth-order valence-corrected chi connectivity index (χ4v) is 2.19. The molecule has 0 saturated carbocycles. The summed E-state index contributed by atoms with van der Waals surface area (Å²) in [6.45, 7) is 7.38. The number of rotatable bonds is 6. The summed E-state index contributed by atoms with van der Waals surface area (Å²) in [5, 5.41) is 2.99. The van der Waals surface area contributed by atoms with Crippen LogP contribution in [0.1, 0.15) is 39.5 Å². The third kappa shape index (κ3) is 4.49. The average molecular weight is 227 g/mol. The molecule has 1 aliphatic rings. The van der Waals surface area contributed by atoms with Crippen LogP contribution in [-0.4, -0.2) is 42.5 Å². The Morgan fingerprint density at radius 2 is 2.06 bits per heavy atom. The molecule has 2 unspecified atom stereocenters. The van der Waals surface area contributed by atoms with Crippen LogP contribution in [0.25, 0.3) is 0 Å². The predicted octanol–water partition coefficient (Wildman–Crippen LogP) is 0.714. The zero-order valence-electron chi connectivity index (χ0n) is 10.5. The highest BCUT2D eigenvalue weighted by atomic mass is 16.2. The molecule has 1 amide bonds. The van der Waals surface area contributed by atoms with Gasteiger partial charge in [0, 0.05) is 12.6 Å². The molecular weight excluding hydrogens is 202 g/mol. The number of nitrogens with one attached hydrogen (secondary N) is 1. The topological polar surface area (TPSA) is 58.4 Å². The van der Waals surface area contributed by atoms with Crippen LogP contribution in [0, 0.1) is 0 Å². The standard InChI is InChI=1S/C12H25N3O/c1-3-6-11(13)12(16)14-10(2)9-15-7-4-5-8-15/h10-11H,3-9,13H2,1-2H3,(H,14,16). The molecule has 3 N–H and O–H groups in total. The number of hydrogen-bond donors (Lipinski definition) is 2. The highest BCUT2D eigenvalue weighted by Gasteiger charge is 2.18. The Morgan fingerprint density at radius 3 is 2.62 bits per heavy atom. The molecular formula is C12H25N3O. The summed E-state index contributed by atoms with van der Waals surface area (Å²) in [7, 11) is 0. The maximum absolute atomic E-state index is 11.7. The van der Waals surface area contributed by atoms with Crippen molar-refractivity contribution in [2.45, 2.75) is 51.6 Å². The van der Waals surface area contributed by atoms with Crippen molar-refractivity contribution in [3.8, 4) is 0 Å². The molecule has 4 nitrogen and oxygen atoms in total. The summed E-state index contributed by atoms with van der Waals surface area (Å²) in [5.41, 5.74) is 5.76. The van der Waals surface area contributed by atoms with Crippen LogP contribution in [0.5, 0.6) is 0 Å². The van der Waals surface area contributed by atoms with E-state index in [0.29, 0.717) is 0 Å². The fraction of sp³-hybridized carbons (Fsp3) is 0.917. The third-order valence-corrected chi connectivity index (χ3v) is 3.06. The van der Waals surface area contributed by atoms with E-state index in [1.54, 1.807) is 0 Å². The zero-order chi connectivity index (χ0) is 12.0. The first kappa shape index (κ1) is 13.5. The first-order chi connectivity index (χ1) is 7.63. The van der Waals surface area contributed by atoms with Gasteiger partial charge in [0.25, 0.3) is 0 Å². The summed E-state index contributed by atoms with van der Waals surface area (Å²) in [6, 6.07) is -0.139. The van der Waals surface area contributed by atoms with Crippen molar-refractivity contribution in [3.05, 3.63) is 0 Å². The monoisotopic (exact) mass is 227 g/mol. The summed E-state index contributed by atoms with van der Waals surface area (Å²) >= 11 is 0. The van der Waals surface area contributed by atoms with Gasteiger partial charge in [-0.05, 0) is 39.3 Å². The van der Waals surface area contributed by atoms with Gasteiger partial charge >= 0.3 is 0 Å². The Balaban J connectivity index is 2.21. The van der Waals surface area contributed by atoms with Crippen molar-refractivity contribution >= 4 is 5.91 Å². The molecule has 0 aromatic rings. The first-order valence-electron chi connectivity index (χ1n) is 6.41. The maximum Gasteiger partial charge on any atom is 0.237 e. The van der Waals surface area contributed by atoms with Gasteiger partial charge in [-0.3, -0.25) is 4.79 Å². The lowest BCUT2D eigenvalue weighted by molar-refractivity contribution is -0.123. The minimum absolute atomic E-state index is 0.00598. The van der Waals surface area contributed by atoms with E-state index in [1.807, 2.05) is 6.92 Å². The van der Waals surface area contributed by atoms with Crippen LogP contribution in [0.15, 0.2) is 0 Å². The van der Waals surface area contributed by atoms with E-state index < -0.39 is 0 Å². The van der Waals surface area contributed by atoms with Crippen molar-refractivity contribution in [2.75, 3.05) is 19.6 Å². The molecule has 0 aromatic heterocycles. The van der Waals surface area contributed by atoms with Crippen LogP contribution < -0.4 is 11.1 Å². The second-order valence-corrected chi connectivity index (χ2v) is 4.81. The second kappa shape index (κ2) is 6.86. The van der Waals surface area contributed by atoms with E-state index in [0.717, 1.165) is 19.4 Å². The van der Waals surface area contributed by atoms with E-state index >= 15 is 0 Å². The maximum atomic E-state index is 11.7. The lowest BCUT2D eigenvalue weighted by Gasteiger charge is -2.22. The molecule has 2 atom stereocenters. The molecule has 0 radical (unpaired) electrons. The van der Waals surface area contributed by atoms with Crippen molar-refractivity contribution in [1.82, 2.24) is 10.2 Å². The number of nitrogens with zero attached hydrogens (tertiary/aromatic N) is 1. The number of carbonyl (C=O) groups excluding carboxylic acids is 1. The third-order valence-electron chi connectivity index (χ3n) is 3.06. The smallest absolute Gasteiger partial charge is 0.237 e. The van der Waals surface area contributed by atoms with Gasteiger partial charge in [0.2, 0.25) is 5.91 Å². The normalized spacial score (nSPS) is 20.7. The number of likely N-dealkylation sites (tertiary alicyclic amines) is 1. The lowest BCUT2D eigenvalue weighted by Crippen LogP contribution is -2.47. The largest absolute Gasteiger partial charge is 0.351 e. The Morgan fingerprint density at radius 1 is 1.44 bits per heavy atom. The van der Waals surface area contributed by atoms with Crippen LogP contribution >= 0.6 is 0 Å². The minimum Gasteiger partial charge on any atom is -0.351 e. The molecule has 1 aliphatic heterocycles. The van der Waals surface area contributed by atoms with Gasteiger partial charge in [0.05, 0.1) is 6.04 Å². The SMILES string of the molecule is CCCC(N)C(=O)NC(C)CN1CCCC1. The van der Waals surface area contributed by atoms with Gasteiger partial charge in [0.15, 0.2) is 0 Å². The molecule has 16 heavy (non-hydrogen) atoms. The highest BCUT2D eigenvalue weighted by Crippen LogP contribution is 2.07. The molecule has 0 aliphatic carbocycles. The van der Waals surface area contributed by atoms with E-state index in [-0.39, 0.29) is 18.0 Å². The van der Waals surface area contributed by atoms with E-state index in [9.17, 15) is 4.79 Å². The van der Waals surface area contributed by atoms with E-state index in [2.05, 4.69) is 17.1 Å². The number of nitrogens with two attached hydrogens (primary N) is 1. The molecule has 0 spiro atoms. The Labute approximate surface area is 98.6 Å². The minimum atomic E-state index is -0.342.